The van der Waals surface area contributed by atoms with E-state index in [1.54, 1.807) is 0 Å². The van der Waals surface area contributed by atoms with E-state index in [2.05, 4.69) is 15.3 Å². The molecule has 0 fully saturated rings. The third-order valence-corrected chi connectivity index (χ3v) is 2.48. The number of nitrogens with two attached hydrogens (primary N) is 1. The van der Waals surface area contributed by atoms with E-state index < -0.39 is 17.5 Å². The van der Waals surface area contributed by atoms with Gasteiger partial charge < -0.3 is 15.8 Å². The number of halogens is 3. The number of ether oxygens (including phenoxy) is 1. The molecule has 0 unspecified atom stereocenters. The number of anilines is 3. The molecule has 0 saturated carbocycles. The van der Waals surface area contributed by atoms with Crippen molar-refractivity contribution in [2.24, 2.45) is 0 Å². The summed E-state index contributed by atoms with van der Waals surface area (Å²) in [4.78, 5) is 8.04. The summed E-state index contributed by atoms with van der Waals surface area (Å²) in [5, 5.41) is 2.64. The Kier molecular flexibility index (Phi) is 4.59. The highest BCUT2D eigenvalue weighted by Crippen LogP contribution is 2.21. The van der Waals surface area contributed by atoms with E-state index in [0.29, 0.717) is 12.4 Å². The summed E-state index contributed by atoms with van der Waals surface area (Å²) in [7, 11) is 0. The van der Waals surface area contributed by atoms with Gasteiger partial charge in [0, 0.05) is 30.5 Å². The number of nitrogens with one attached hydrogen (secondary N) is 1. The fourth-order valence-electron chi connectivity index (χ4n) is 1.62. The van der Waals surface area contributed by atoms with Gasteiger partial charge in [0.25, 0.3) is 0 Å². The first-order valence-electron chi connectivity index (χ1n) is 6.12. The number of rotatable bonds is 5. The van der Waals surface area contributed by atoms with Crippen molar-refractivity contribution in [2.75, 3.05) is 17.7 Å². The van der Waals surface area contributed by atoms with Crippen molar-refractivity contribution < 1.29 is 17.9 Å². The molecular weight excluding hydrogens is 285 g/mol. The highest BCUT2D eigenvalue weighted by Gasteiger charge is 2.11. The third kappa shape index (κ3) is 3.82. The molecule has 0 aliphatic rings. The lowest BCUT2D eigenvalue weighted by atomic mass is 10.3. The molecule has 21 heavy (non-hydrogen) atoms. The molecule has 1 aromatic carbocycles. The Morgan fingerprint density at radius 3 is 2.43 bits per heavy atom. The van der Waals surface area contributed by atoms with Gasteiger partial charge in [0.15, 0.2) is 23.3 Å². The molecular formula is C13H13F3N4O. The van der Waals surface area contributed by atoms with Crippen LogP contribution < -0.4 is 11.1 Å². The van der Waals surface area contributed by atoms with Gasteiger partial charge in [-0.2, -0.15) is 0 Å². The van der Waals surface area contributed by atoms with Crippen LogP contribution in [0.2, 0.25) is 0 Å². The molecule has 0 bridgehead atoms. The van der Waals surface area contributed by atoms with E-state index in [9.17, 15) is 13.2 Å². The Balaban J connectivity index is 2.24. The Hall–Kier alpha value is -2.35. The molecule has 1 heterocycles. The van der Waals surface area contributed by atoms with Gasteiger partial charge in [-0.15, -0.1) is 0 Å². The molecule has 0 aliphatic heterocycles. The standard InChI is InChI=1S/C13H13F3N4O/c1-2-21-6-12-19-10(17)5-11(20-12)18-7-3-8(14)13(16)9(15)4-7/h3-5H,2,6H2,1H3,(H3,17,18,19,20). The van der Waals surface area contributed by atoms with Crippen LogP contribution in [0.1, 0.15) is 12.7 Å². The topological polar surface area (TPSA) is 73.1 Å². The summed E-state index contributed by atoms with van der Waals surface area (Å²) in [6.07, 6.45) is 0. The van der Waals surface area contributed by atoms with Gasteiger partial charge in [0.05, 0.1) is 0 Å². The van der Waals surface area contributed by atoms with Gasteiger partial charge in [-0.1, -0.05) is 0 Å². The van der Waals surface area contributed by atoms with E-state index >= 15 is 0 Å². The van der Waals surface area contributed by atoms with Gasteiger partial charge in [0.1, 0.15) is 18.2 Å². The van der Waals surface area contributed by atoms with Crippen LogP contribution in [0.5, 0.6) is 0 Å². The second-order valence-electron chi connectivity index (χ2n) is 4.11. The minimum atomic E-state index is -1.53. The fourth-order valence-corrected chi connectivity index (χ4v) is 1.62. The molecule has 0 radical (unpaired) electrons. The molecule has 0 atom stereocenters. The molecule has 2 aromatic rings. The lowest BCUT2D eigenvalue weighted by Crippen LogP contribution is -2.06. The van der Waals surface area contributed by atoms with E-state index in [4.69, 9.17) is 10.5 Å². The highest BCUT2D eigenvalue weighted by molar-refractivity contribution is 5.58. The number of aromatic nitrogens is 2. The van der Waals surface area contributed by atoms with Crippen molar-refractivity contribution in [3.8, 4) is 0 Å². The predicted molar refractivity (Wildman–Crippen MR) is 71.4 cm³/mol. The highest BCUT2D eigenvalue weighted by atomic mass is 19.2. The number of nitrogens with zero attached hydrogens (tertiary/aromatic N) is 2. The van der Waals surface area contributed by atoms with Crippen molar-refractivity contribution in [1.29, 1.82) is 0 Å². The molecule has 0 amide bonds. The summed E-state index contributed by atoms with van der Waals surface area (Å²) in [5.74, 6) is -3.40. The van der Waals surface area contributed by atoms with Gasteiger partial charge in [-0.05, 0) is 6.92 Å². The first-order valence-corrected chi connectivity index (χ1v) is 6.12. The first-order chi connectivity index (χ1) is 9.99. The molecule has 1 aromatic heterocycles. The fraction of sp³-hybridized carbons (Fsp3) is 0.231. The zero-order valence-electron chi connectivity index (χ0n) is 11.2. The van der Waals surface area contributed by atoms with Crippen LogP contribution in [0.25, 0.3) is 0 Å². The van der Waals surface area contributed by atoms with Crippen LogP contribution in [-0.2, 0) is 11.3 Å². The van der Waals surface area contributed by atoms with Crippen molar-refractivity contribution >= 4 is 17.3 Å². The van der Waals surface area contributed by atoms with Crippen molar-refractivity contribution in [3.63, 3.8) is 0 Å². The molecule has 112 valence electrons. The lowest BCUT2D eigenvalue weighted by Gasteiger charge is -2.09. The molecule has 2 rings (SSSR count). The number of hydrogen-bond acceptors (Lipinski definition) is 5. The maximum Gasteiger partial charge on any atom is 0.194 e. The first kappa shape index (κ1) is 15.0. The Bertz CT molecular complexity index is 628. The molecule has 0 saturated heterocycles. The third-order valence-electron chi connectivity index (χ3n) is 2.48. The number of hydrogen-bond donors (Lipinski definition) is 2. The largest absolute Gasteiger partial charge is 0.384 e. The average Bonchev–Trinajstić information content (AvgIpc) is 2.42. The van der Waals surface area contributed by atoms with E-state index in [1.165, 1.54) is 6.07 Å². The lowest BCUT2D eigenvalue weighted by molar-refractivity contribution is 0.128. The van der Waals surface area contributed by atoms with E-state index in [-0.39, 0.29) is 23.9 Å². The number of benzene rings is 1. The summed E-state index contributed by atoms with van der Waals surface area (Å²) < 4.78 is 44.3. The summed E-state index contributed by atoms with van der Waals surface area (Å²) in [6.45, 7) is 2.45. The van der Waals surface area contributed by atoms with Crippen molar-refractivity contribution in [1.82, 2.24) is 9.97 Å². The van der Waals surface area contributed by atoms with Crippen LogP contribution in [0, 0.1) is 17.5 Å². The zero-order chi connectivity index (χ0) is 15.4. The van der Waals surface area contributed by atoms with Crippen LogP contribution in [0.3, 0.4) is 0 Å². The predicted octanol–water partition coefficient (Wildman–Crippen LogP) is 2.76. The van der Waals surface area contributed by atoms with Crippen LogP contribution in [-0.4, -0.2) is 16.6 Å². The van der Waals surface area contributed by atoms with E-state index in [1.807, 2.05) is 6.92 Å². The van der Waals surface area contributed by atoms with Crippen molar-refractivity contribution in [3.05, 3.63) is 41.5 Å². The maximum atomic E-state index is 13.1. The molecule has 8 heteroatoms. The summed E-state index contributed by atoms with van der Waals surface area (Å²) in [5.41, 5.74) is 5.62. The monoisotopic (exact) mass is 298 g/mol. The smallest absolute Gasteiger partial charge is 0.194 e. The Morgan fingerprint density at radius 2 is 1.81 bits per heavy atom. The Labute approximate surface area is 119 Å². The summed E-state index contributed by atoms with van der Waals surface area (Å²) >= 11 is 0. The van der Waals surface area contributed by atoms with Gasteiger partial charge in [-0.3, -0.25) is 0 Å². The zero-order valence-corrected chi connectivity index (χ0v) is 11.2. The van der Waals surface area contributed by atoms with Crippen LogP contribution in [0.4, 0.5) is 30.5 Å². The normalized spacial score (nSPS) is 10.7. The number of nitrogen functional groups attached to an aromatic ring is 1. The minimum absolute atomic E-state index is 0.00635. The Morgan fingerprint density at radius 1 is 1.14 bits per heavy atom. The second kappa shape index (κ2) is 6.40. The van der Waals surface area contributed by atoms with Crippen molar-refractivity contribution in [2.45, 2.75) is 13.5 Å². The van der Waals surface area contributed by atoms with Crippen LogP contribution in [0.15, 0.2) is 18.2 Å². The molecule has 0 spiro atoms. The molecule has 0 aliphatic carbocycles. The maximum absolute atomic E-state index is 13.1. The van der Waals surface area contributed by atoms with Gasteiger partial charge in [0.2, 0.25) is 0 Å². The molecule has 3 N–H and O–H groups in total. The average molecular weight is 298 g/mol. The summed E-state index contributed by atoms with van der Waals surface area (Å²) in [6, 6.07) is 3.02. The van der Waals surface area contributed by atoms with Crippen LogP contribution >= 0.6 is 0 Å². The second-order valence-corrected chi connectivity index (χ2v) is 4.11. The van der Waals surface area contributed by atoms with E-state index in [0.717, 1.165) is 12.1 Å². The minimum Gasteiger partial charge on any atom is -0.384 e. The van der Waals surface area contributed by atoms with Gasteiger partial charge in [-0.25, -0.2) is 23.1 Å². The molecule has 5 nitrogen and oxygen atoms in total. The SMILES string of the molecule is CCOCc1nc(N)cc(Nc2cc(F)c(F)c(F)c2)n1. The van der Waals surface area contributed by atoms with Gasteiger partial charge >= 0.3 is 0 Å². The quantitative estimate of drug-likeness (QED) is 0.830.